The van der Waals surface area contributed by atoms with E-state index in [-0.39, 0.29) is 0 Å². The summed E-state index contributed by atoms with van der Waals surface area (Å²) < 4.78 is 0. The Morgan fingerprint density at radius 2 is 0.130 bits per heavy atom. The Bertz CT molecular complexity index is 1290. The number of hydrogen-bond acceptors (Lipinski definition) is 0. The first-order valence-corrected chi connectivity index (χ1v) is 47.6. The Hall–Kier alpha value is 0. The van der Waals surface area contributed by atoms with Crippen molar-refractivity contribution in [3.8, 4) is 0 Å². The summed E-state index contributed by atoms with van der Waals surface area (Å²) in [6.45, 7) is 52.0. The first kappa shape index (κ1) is 98.0. The predicted molar refractivity (Wildman–Crippen MR) is 460 cm³/mol. The van der Waals surface area contributed by atoms with Gasteiger partial charge in [-0.15, -0.1) is 0 Å². The molecule has 16 aliphatic carbocycles. The van der Waals surface area contributed by atoms with E-state index < -0.39 is 0 Å². The second-order valence-electron chi connectivity index (χ2n) is 42.3. The number of fused-ring (bicyclic) bond motifs is 8. The van der Waals surface area contributed by atoms with Crippen molar-refractivity contribution < 1.29 is 0 Å². The zero-order chi connectivity index (χ0) is 74.6. The molecule has 0 bridgehead atoms. The molecule has 0 saturated heterocycles. The summed E-state index contributed by atoms with van der Waals surface area (Å²) in [5.41, 5.74) is 0. The smallest absolute Gasteiger partial charge is 0.0386 e. The average Bonchev–Trinajstić information content (AvgIpc) is 1.77. The van der Waals surface area contributed by atoms with E-state index >= 15 is 0 Å². The third-order valence-electron chi connectivity index (χ3n) is 24.7. The van der Waals surface area contributed by atoms with Gasteiger partial charge in [0.25, 0.3) is 0 Å². The zero-order valence-corrected chi connectivity index (χ0v) is 74.6. The maximum atomic E-state index is 2.17. The standard InChI is InChI=1S/4C9H16.4C8H14.8C4H10/c4*1-2-5-9-7-3-6-8(9)4-1;4*1-3-7-5-2-6-8(7)4-1;8*1-4(2)3/h4*8-9H,1-7H2;4*7-8H,1-6H2;8*4H,1-3H3. The number of hydrogen-bond donors (Lipinski definition) is 0. The van der Waals surface area contributed by atoms with Gasteiger partial charge in [0.2, 0.25) is 0 Å². The Balaban J connectivity index is 0.000000540. The van der Waals surface area contributed by atoms with Crippen LogP contribution in [0.1, 0.15) is 500 Å². The molecule has 16 rings (SSSR count). The lowest BCUT2D eigenvalue weighted by molar-refractivity contribution is 0.277. The van der Waals surface area contributed by atoms with Crippen LogP contribution in [0.25, 0.3) is 0 Å². The summed E-state index contributed by atoms with van der Waals surface area (Å²) in [5, 5.41) is 0. The topological polar surface area (TPSA) is 0 Å². The minimum atomic E-state index is 0.833. The van der Waals surface area contributed by atoms with Gasteiger partial charge in [-0.2, -0.15) is 0 Å². The summed E-state index contributed by atoms with van der Waals surface area (Å²) in [6.07, 6.45) is 80.6. The van der Waals surface area contributed by atoms with Crippen LogP contribution in [0.4, 0.5) is 0 Å². The molecule has 16 saturated carbocycles. The van der Waals surface area contributed by atoms with Crippen molar-refractivity contribution in [2.75, 3.05) is 0 Å². The van der Waals surface area contributed by atoms with Gasteiger partial charge in [0, 0.05) is 0 Å². The molecule has 600 valence electrons. The normalized spacial score (nSPS) is 32.6. The molecule has 0 radical (unpaired) electrons. The van der Waals surface area contributed by atoms with Crippen LogP contribution in [0.3, 0.4) is 0 Å². The molecular formula is C100H200. The van der Waals surface area contributed by atoms with Crippen LogP contribution in [0.15, 0.2) is 0 Å². The molecule has 0 aromatic heterocycles. The third-order valence-corrected chi connectivity index (χ3v) is 24.7. The predicted octanol–water partition coefficient (Wildman–Crippen LogP) is 35.6. The van der Waals surface area contributed by atoms with Gasteiger partial charge in [-0.25, -0.2) is 0 Å². The summed E-state index contributed by atoms with van der Waals surface area (Å²) in [4.78, 5) is 0. The Labute approximate surface area is 638 Å². The van der Waals surface area contributed by atoms with Crippen LogP contribution in [-0.2, 0) is 0 Å². The first-order valence-electron chi connectivity index (χ1n) is 47.6. The SMILES string of the molecule is C1CC2CCCC2C1.C1CC2CCCC2C1.C1CC2CCCC2C1.C1CC2CCCC2C1.C1CCC2CCCC2C1.C1CCC2CCCC2C1.C1CCC2CCCC2C1.C1CCC2CCCC2C1.CC(C)C.CC(C)C.CC(C)C.CC(C)C.CC(C)C.CC(C)C.CC(C)C.CC(C)C. The van der Waals surface area contributed by atoms with Gasteiger partial charge in [0.05, 0.1) is 0 Å². The van der Waals surface area contributed by atoms with Gasteiger partial charge in [-0.3, -0.25) is 0 Å². The quantitative estimate of drug-likeness (QED) is 0.227. The highest BCUT2D eigenvalue weighted by atomic mass is 14.4. The van der Waals surface area contributed by atoms with Crippen LogP contribution in [0.2, 0.25) is 0 Å². The third kappa shape index (κ3) is 52.9. The van der Waals surface area contributed by atoms with Gasteiger partial charge in [0.15, 0.2) is 0 Å². The van der Waals surface area contributed by atoms with E-state index in [1.54, 1.807) is 205 Å². The minimum absolute atomic E-state index is 0.833. The molecule has 0 spiro atoms. The lowest BCUT2D eigenvalue weighted by atomic mass is 9.82. The molecule has 16 fully saturated rings. The maximum absolute atomic E-state index is 2.17. The molecule has 0 aromatic carbocycles. The van der Waals surface area contributed by atoms with Gasteiger partial charge < -0.3 is 0 Å². The zero-order valence-electron chi connectivity index (χ0n) is 74.6. The second kappa shape index (κ2) is 61.8. The molecule has 0 N–H and O–H groups in total. The van der Waals surface area contributed by atoms with Crippen molar-refractivity contribution in [2.24, 2.45) is 142 Å². The van der Waals surface area contributed by atoms with Crippen molar-refractivity contribution in [3.05, 3.63) is 0 Å². The fraction of sp³-hybridized carbons (Fsp3) is 1.00. The van der Waals surface area contributed by atoms with Crippen LogP contribution in [0.5, 0.6) is 0 Å². The lowest BCUT2D eigenvalue weighted by Gasteiger charge is -2.24. The molecule has 0 aromatic rings. The molecular weight excluding hydrogens is 1200 g/mol. The first-order chi connectivity index (χ1) is 47.6. The van der Waals surface area contributed by atoms with E-state index in [4.69, 9.17) is 0 Å². The number of rotatable bonds is 0. The van der Waals surface area contributed by atoms with Crippen LogP contribution in [0, 0.1) is 142 Å². The molecule has 8 unspecified atom stereocenters. The summed E-state index contributed by atoms with van der Waals surface area (Å²) in [7, 11) is 0. The van der Waals surface area contributed by atoms with Crippen LogP contribution >= 0.6 is 0 Å². The van der Waals surface area contributed by atoms with Gasteiger partial charge in [-0.05, 0) is 142 Å². The molecule has 0 heteroatoms. The molecule has 0 nitrogen and oxygen atoms in total. The van der Waals surface area contributed by atoms with Crippen molar-refractivity contribution in [1.29, 1.82) is 0 Å². The maximum Gasteiger partial charge on any atom is -0.0386 e. The Morgan fingerprint density at radius 3 is 0.180 bits per heavy atom. The minimum Gasteiger partial charge on any atom is -0.0630 e. The van der Waals surface area contributed by atoms with Crippen LogP contribution < -0.4 is 0 Å². The molecule has 16 aliphatic rings. The molecule has 0 amide bonds. The van der Waals surface area contributed by atoms with Crippen LogP contribution in [-0.4, -0.2) is 0 Å². The van der Waals surface area contributed by atoms with E-state index in [9.17, 15) is 0 Å². The molecule has 100 heavy (non-hydrogen) atoms. The summed E-state index contributed by atoms with van der Waals surface area (Å²) in [6, 6.07) is 0. The van der Waals surface area contributed by atoms with E-state index in [0.717, 1.165) is 47.3 Å². The largest absolute Gasteiger partial charge is 0.0630 e. The highest BCUT2D eigenvalue weighted by Gasteiger charge is 2.35. The molecule has 0 aliphatic heterocycles. The highest BCUT2D eigenvalue weighted by molar-refractivity contribution is 4.87. The summed E-state index contributed by atoms with van der Waals surface area (Å²) in [5.74, 6) is 25.4. The highest BCUT2D eigenvalue weighted by Crippen LogP contribution is 2.48. The second-order valence-corrected chi connectivity index (χ2v) is 42.3. The van der Waals surface area contributed by atoms with Gasteiger partial charge >= 0.3 is 0 Å². The average molecular weight is 1400 g/mol. The van der Waals surface area contributed by atoms with E-state index in [1.807, 2.05) is 0 Å². The van der Waals surface area contributed by atoms with Crippen molar-refractivity contribution >= 4 is 0 Å². The molecule has 8 atom stereocenters. The van der Waals surface area contributed by atoms with E-state index in [0.29, 0.717) is 0 Å². The summed E-state index contributed by atoms with van der Waals surface area (Å²) >= 11 is 0. The van der Waals surface area contributed by atoms with Gasteiger partial charge in [0.1, 0.15) is 0 Å². The Morgan fingerprint density at radius 1 is 0.0900 bits per heavy atom. The Kier molecular flexibility index (Phi) is 60.6. The molecule has 0 heterocycles. The monoisotopic (exact) mass is 1400 g/mol. The van der Waals surface area contributed by atoms with Crippen molar-refractivity contribution in [3.63, 3.8) is 0 Å². The van der Waals surface area contributed by atoms with Crippen molar-refractivity contribution in [2.45, 2.75) is 500 Å². The van der Waals surface area contributed by atoms with Gasteiger partial charge in [-0.1, -0.05) is 500 Å². The fourth-order valence-electron chi connectivity index (χ4n) is 20.8. The van der Waals surface area contributed by atoms with Crippen molar-refractivity contribution in [1.82, 2.24) is 0 Å². The lowest BCUT2D eigenvalue weighted by Crippen LogP contribution is -2.12. The van der Waals surface area contributed by atoms with E-state index in [2.05, 4.69) is 166 Å². The fourth-order valence-corrected chi connectivity index (χ4v) is 20.8. The van der Waals surface area contributed by atoms with E-state index in [1.165, 1.54) is 223 Å².